The van der Waals surface area contributed by atoms with E-state index in [0.29, 0.717) is 13.1 Å². The molecule has 110 valence electrons. The number of likely N-dealkylation sites (tertiary alicyclic amines) is 1. The van der Waals surface area contributed by atoms with E-state index in [4.69, 9.17) is 4.74 Å². The number of ether oxygens (including phenoxy) is 1. The van der Waals surface area contributed by atoms with Gasteiger partial charge in [0.2, 0.25) is 5.91 Å². The standard InChI is InChI=1S/C15H19F2NO2/c1-2-13(11-6-4-3-5-7-11)15(19)18-8-12(9-18)20-10-14(16)17/h3-7,12-14H,2,8-10H2,1H3/t13-/m0/s1. The number of rotatable bonds is 6. The van der Waals surface area contributed by atoms with Crippen LogP contribution in [0.25, 0.3) is 0 Å². The smallest absolute Gasteiger partial charge is 0.261 e. The van der Waals surface area contributed by atoms with Crippen molar-refractivity contribution in [1.29, 1.82) is 0 Å². The molecule has 20 heavy (non-hydrogen) atoms. The van der Waals surface area contributed by atoms with Gasteiger partial charge >= 0.3 is 0 Å². The Kier molecular flexibility index (Phi) is 5.06. The quantitative estimate of drug-likeness (QED) is 0.803. The van der Waals surface area contributed by atoms with E-state index in [2.05, 4.69) is 0 Å². The molecule has 1 aliphatic rings. The summed E-state index contributed by atoms with van der Waals surface area (Å²) in [5.41, 5.74) is 0.997. The molecule has 1 saturated heterocycles. The number of benzene rings is 1. The third-order valence-corrected chi connectivity index (χ3v) is 3.53. The number of halogens is 2. The summed E-state index contributed by atoms with van der Waals surface area (Å²) in [5.74, 6) is -0.108. The van der Waals surface area contributed by atoms with Gasteiger partial charge in [-0.3, -0.25) is 4.79 Å². The molecule has 0 spiro atoms. The molecule has 1 atom stereocenters. The van der Waals surface area contributed by atoms with Crippen LogP contribution in [0.15, 0.2) is 30.3 Å². The van der Waals surface area contributed by atoms with E-state index >= 15 is 0 Å². The van der Waals surface area contributed by atoms with Gasteiger partial charge in [0.15, 0.2) is 0 Å². The average Bonchev–Trinajstić information content (AvgIpc) is 2.38. The van der Waals surface area contributed by atoms with E-state index in [9.17, 15) is 13.6 Å². The summed E-state index contributed by atoms with van der Waals surface area (Å²) in [5, 5.41) is 0. The first-order chi connectivity index (χ1) is 9.61. The highest BCUT2D eigenvalue weighted by Crippen LogP contribution is 2.25. The first-order valence-corrected chi connectivity index (χ1v) is 6.85. The fraction of sp³-hybridized carbons (Fsp3) is 0.533. The van der Waals surface area contributed by atoms with Crippen molar-refractivity contribution in [2.75, 3.05) is 19.7 Å². The summed E-state index contributed by atoms with van der Waals surface area (Å²) in [4.78, 5) is 14.0. The van der Waals surface area contributed by atoms with Crippen LogP contribution >= 0.6 is 0 Å². The highest BCUT2D eigenvalue weighted by Gasteiger charge is 2.35. The lowest BCUT2D eigenvalue weighted by atomic mass is 9.93. The number of carbonyl (C=O) groups is 1. The van der Waals surface area contributed by atoms with Crippen molar-refractivity contribution >= 4 is 5.91 Å². The van der Waals surface area contributed by atoms with Crippen LogP contribution in [0.1, 0.15) is 24.8 Å². The molecule has 0 saturated carbocycles. The molecule has 0 aromatic heterocycles. The Labute approximate surface area is 117 Å². The molecular formula is C15H19F2NO2. The van der Waals surface area contributed by atoms with Gasteiger partial charge in [0.05, 0.1) is 12.0 Å². The van der Waals surface area contributed by atoms with Crippen LogP contribution < -0.4 is 0 Å². The van der Waals surface area contributed by atoms with Crippen LogP contribution in [0.2, 0.25) is 0 Å². The van der Waals surface area contributed by atoms with Crippen molar-refractivity contribution in [2.24, 2.45) is 0 Å². The van der Waals surface area contributed by atoms with Crippen molar-refractivity contribution in [3.05, 3.63) is 35.9 Å². The van der Waals surface area contributed by atoms with Gasteiger partial charge in [-0.05, 0) is 12.0 Å². The molecule has 0 N–H and O–H groups in total. The zero-order chi connectivity index (χ0) is 14.5. The van der Waals surface area contributed by atoms with Crippen molar-refractivity contribution in [2.45, 2.75) is 31.8 Å². The van der Waals surface area contributed by atoms with Gasteiger partial charge in [0.25, 0.3) is 6.43 Å². The molecule has 0 bridgehead atoms. The molecule has 1 heterocycles. The van der Waals surface area contributed by atoms with Crippen LogP contribution in [0, 0.1) is 0 Å². The first kappa shape index (κ1) is 14.9. The summed E-state index contributed by atoms with van der Waals surface area (Å²) >= 11 is 0. The molecule has 0 aliphatic carbocycles. The second kappa shape index (κ2) is 6.79. The first-order valence-electron chi connectivity index (χ1n) is 6.85. The van der Waals surface area contributed by atoms with Crippen LogP contribution in [0.3, 0.4) is 0 Å². The third kappa shape index (κ3) is 3.54. The number of hydrogen-bond acceptors (Lipinski definition) is 2. The topological polar surface area (TPSA) is 29.5 Å². The molecular weight excluding hydrogens is 264 g/mol. The molecule has 1 aromatic carbocycles. The fourth-order valence-electron chi connectivity index (χ4n) is 2.39. The second-order valence-electron chi connectivity index (χ2n) is 4.96. The van der Waals surface area contributed by atoms with Gasteiger partial charge in [-0.25, -0.2) is 8.78 Å². The predicted molar refractivity (Wildman–Crippen MR) is 71.8 cm³/mol. The van der Waals surface area contributed by atoms with E-state index in [1.165, 1.54) is 0 Å². The molecule has 0 radical (unpaired) electrons. The summed E-state index contributed by atoms with van der Waals surface area (Å²) in [6.45, 7) is 2.24. The number of alkyl halides is 2. The van der Waals surface area contributed by atoms with Crippen LogP contribution in [0.5, 0.6) is 0 Å². The highest BCUT2D eigenvalue weighted by atomic mass is 19.3. The minimum atomic E-state index is -2.45. The maximum absolute atomic E-state index is 12.4. The molecule has 1 fully saturated rings. The zero-order valence-electron chi connectivity index (χ0n) is 11.5. The minimum Gasteiger partial charge on any atom is -0.369 e. The second-order valence-corrected chi connectivity index (χ2v) is 4.96. The molecule has 1 amide bonds. The Morgan fingerprint density at radius 3 is 2.55 bits per heavy atom. The molecule has 1 aliphatic heterocycles. The summed E-state index contributed by atoms with van der Waals surface area (Å²) in [7, 11) is 0. The lowest BCUT2D eigenvalue weighted by Crippen LogP contribution is -2.56. The lowest BCUT2D eigenvalue weighted by molar-refractivity contribution is -0.149. The molecule has 2 rings (SSSR count). The Bertz CT molecular complexity index is 433. The lowest BCUT2D eigenvalue weighted by Gasteiger charge is -2.40. The van der Waals surface area contributed by atoms with Gasteiger partial charge < -0.3 is 9.64 Å². The van der Waals surface area contributed by atoms with E-state index in [-0.39, 0.29) is 17.9 Å². The van der Waals surface area contributed by atoms with Gasteiger partial charge in [-0.2, -0.15) is 0 Å². The summed E-state index contributed by atoms with van der Waals surface area (Å²) in [6.07, 6.45) is -1.98. The van der Waals surface area contributed by atoms with Crippen molar-refractivity contribution in [1.82, 2.24) is 4.90 Å². The summed E-state index contributed by atoms with van der Waals surface area (Å²) in [6, 6.07) is 9.62. The molecule has 5 heteroatoms. The van der Waals surface area contributed by atoms with Gasteiger partial charge in [0, 0.05) is 13.1 Å². The normalized spacial score (nSPS) is 17.1. The molecule has 1 aromatic rings. The fourth-order valence-corrected chi connectivity index (χ4v) is 2.39. The van der Waals surface area contributed by atoms with E-state index in [1.54, 1.807) is 4.90 Å². The number of carbonyl (C=O) groups excluding carboxylic acids is 1. The van der Waals surface area contributed by atoms with Crippen molar-refractivity contribution in [3.8, 4) is 0 Å². The highest BCUT2D eigenvalue weighted by molar-refractivity contribution is 5.84. The van der Waals surface area contributed by atoms with E-state index in [1.807, 2.05) is 37.3 Å². The van der Waals surface area contributed by atoms with E-state index in [0.717, 1.165) is 12.0 Å². The Morgan fingerprint density at radius 1 is 1.35 bits per heavy atom. The van der Waals surface area contributed by atoms with Gasteiger partial charge in [-0.15, -0.1) is 0 Å². The van der Waals surface area contributed by atoms with Crippen LogP contribution in [0.4, 0.5) is 8.78 Å². The molecule has 0 unspecified atom stereocenters. The largest absolute Gasteiger partial charge is 0.369 e. The molecule has 3 nitrogen and oxygen atoms in total. The van der Waals surface area contributed by atoms with Crippen molar-refractivity contribution < 1.29 is 18.3 Å². The SMILES string of the molecule is CC[C@H](C(=O)N1CC(OCC(F)F)C1)c1ccccc1. The zero-order valence-corrected chi connectivity index (χ0v) is 11.5. The Balaban J connectivity index is 1.86. The Morgan fingerprint density at radius 2 is 2.00 bits per heavy atom. The van der Waals surface area contributed by atoms with Gasteiger partial charge in [0.1, 0.15) is 6.61 Å². The maximum atomic E-state index is 12.4. The Hall–Kier alpha value is -1.49. The average molecular weight is 283 g/mol. The minimum absolute atomic E-state index is 0.0515. The summed E-state index contributed by atoms with van der Waals surface area (Å²) < 4.78 is 29.0. The number of hydrogen-bond donors (Lipinski definition) is 0. The van der Waals surface area contributed by atoms with Gasteiger partial charge in [-0.1, -0.05) is 37.3 Å². The van der Waals surface area contributed by atoms with Crippen LogP contribution in [-0.2, 0) is 9.53 Å². The third-order valence-electron chi connectivity index (χ3n) is 3.53. The number of nitrogens with zero attached hydrogens (tertiary/aromatic N) is 1. The maximum Gasteiger partial charge on any atom is 0.261 e. The van der Waals surface area contributed by atoms with E-state index < -0.39 is 13.0 Å². The van der Waals surface area contributed by atoms with Crippen LogP contribution in [-0.4, -0.2) is 43.0 Å². The van der Waals surface area contributed by atoms with Crippen molar-refractivity contribution in [3.63, 3.8) is 0 Å². The predicted octanol–water partition coefficient (Wildman–Crippen LogP) is 2.67. The monoisotopic (exact) mass is 283 g/mol. The number of amides is 1.